The van der Waals surface area contributed by atoms with E-state index in [2.05, 4.69) is 25.6 Å². The number of nitrogens with one attached hydrogen (secondary N) is 2. The number of anilines is 2. The van der Waals surface area contributed by atoms with Crippen LogP contribution in [0.15, 0.2) is 12.3 Å². The lowest BCUT2D eigenvalue weighted by molar-refractivity contribution is -0.106. The second-order valence-electron chi connectivity index (χ2n) is 11.4. The monoisotopic (exact) mass is 548 g/mol. The van der Waals surface area contributed by atoms with Crippen molar-refractivity contribution in [2.24, 2.45) is 11.8 Å². The van der Waals surface area contributed by atoms with Crippen LogP contribution >= 0.6 is 11.3 Å². The third-order valence-corrected chi connectivity index (χ3v) is 8.44. The predicted octanol–water partition coefficient (Wildman–Crippen LogP) is 3.91. The summed E-state index contributed by atoms with van der Waals surface area (Å²) in [7, 11) is 0. The van der Waals surface area contributed by atoms with Gasteiger partial charge in [-0.1, -0.05) is 0 Å². The maximum atomic E-state index is 13.3. The molecule has 5 N–H and O–H groups in total. The summed E-state index contributed by atoms with van der Waals surface area (Å²) in [6.45, 7) is 7.42. The first kappa shape index (κ1) is 27.0. The van der Waals surface area contributed by atoms with Crippen LogP contribution in [0.5, 0.6) is 0 Å². The van der Waals surface area contributed by atoms with E-state index in [1.807, 2.05) is 19.9 Å². The number of aryl methyl sites for hydroxylation is 2. The molecule has 3 heterocycles. The first-order chi connectivity index (χ1) is 17.8. The Bertz CT molecular complexity index is 1320. The SMILES string of the molecule is Cc1nc(NCC2CC(F)(F)C2)nc(N[C@@H]2C[C@H](CC(C)(C)O)[C@@H](O)[C@H]2O)c1-c1nc2c(C)nccc2s1. The van der Waals surface area contributed by atoms with Gasteiger partial charge in [0.25, 0.3) is 0 Å². The van der Waals surface area contributed by atoms with Crippen LogP contribution in [-0.2, 0) is 0 Å². The molecule has 3 aromatic heterocycles. The molecule has 2 fully saturated rings. The number of pyridine rings is 1. The van der Waals surface area contributed by atoms with Gasteiger partial charge in [0.05, 0.1) is 39.4 Å². The van der Waals surface area contributed by atoms with Crippen molar-refractivity contribution in [3.8, 4) is 10.6 Å². The molecule has 2 aliphatic carbocycles. The molecule has 0 radical (unpaired) electrons. The van der Waals surface area contributed by atoms with Crippen LogP contribution in [0.3, 0.4) is 0 Å². The van der Waals surface area contributed by atoms with E-state index in [0.717, 1.165) is 15.9 Å². The predicted molar refractivity (Wildman–Crippen MR) is 143 cm³/mol. The lowest BCUT2D eigenvalue weighted by Crippen LogP contribution is -2.39. The number of hydrogen-bond acceptors (Lipinski definition) is 10. The summed E-state index contributed by atoms with van der Waals surface area (Å²) in [4.78, 5) is 18.4. The standard InChI is InChI=1S/C26H34F2N6O3S/c1-12-18(23-33-19-13(2)29-6-5-17(19)38-23)22(34-24(31-12)30-11-14-8-26(27,28)9-14)32-16-7-15(10-25(3,4)37)20(35)21(16)36/h5-6,14-16,20-21,35-37H,7-11H2,1-4H3,(H2,30,31,32,34)/t15-,16-,20-,21+/m1/s1. The van der Waals surface area contributed by atoms with E-state index < -0.39 is 29.8 Å². The van der Waals surface area contributed by atoms with Crippen molar-refractivity contribution >= 4 is 33.3 Å². The largest absolute Gasteiger partial charge is 0.390 e. The van der Waals surface area contributed by atoms with Gasteiger partial charge >= 0.3 is 0 Å². The number of aliphatic hydroxyl groups excluding tert-OH is 2. The minimum atomic E-state index is -2.60. The smallest absolute Gasteiger partial charge is 0.248 e. The second kappa shape index (κ2) is 9.89. The zero-order valence-corrected chi connectivity index (χ0v) is 22.7. The highest BCUT2D eigenvalue weighted by molar-refractivity contribution is 7.21. The summed E-state index contributed by atoms with van der Waals surface area (Å²) < 4.78 is 27.5. The Morgan fingerprint density at radius 1 is 1.11 bits per heavy atom. The fourth-order valence-electron chi connectivity index (χ4n) is 5.55. The molecule has 0 aliphatic heterocycles. The van der Waals surface area contributed by atoms with E-state index >= 15 is 0 Å². The summed E-state index contributed by atoms with van der Waals surface area (Å²) >= 11 is 1.48. The van der Waals surface area contributed by atoms with Gasteiger partial charge in [0.1, 0.15) is 22.4 Å². The highest BCUT2D eigenvalue weighted by Gasteiger charge is 2.45. The second-order valence-corrected chi connectivity index (χ2v) is 12.4. The maximum Gasteiger partial charge on any atom is 0.248 e. The molecule has 206 valence electrons. The maximum absolute atomic E-state index is 13.3. The van der Waals surface area contributed by atoms with Crippen LogP contribution in [-0.4, -0.2) is 71.6 Å². The van der Waals surface area contributed by atoms with E-state index in [9.17, 15) is 24.1 Å². The minimum Gasteiger partial charge on any atom is -0.390 e. The average Bonchev–Trinajstić information content (AvgIpc) is 3.33. The molecule has 0 saturated heterocycles. The molecule has 9 nitrogen and oxygen atoms in total. The summed E-state index contributed by atoms with van der Waals surface area (Å²) in [5.41, 5.74) is 1.90. The third-order valence-electron chi connectivity index (χ3n) is 7.40. The van der Waals surface area contributed by atoms with E-state index in [1.165, 1.54) is 11.3 Å². The number of aliphatic hydroxyl groups is 3. The Labute approximate surface area is 223 Å². The van der Waals surface area contributed by atoms with Crippen molar-refractivity contribution in [2.45, 2.75) is 83.2 Å². The van der Waals surface area contributed by atoms with Crippen LogP contribution in [0, 0.1) is 25.7 Å². The van der Waals surface area contributed by atoms with Gasteiger partial charge in [0.2, 0.25) is 11.9 Å². The Hall–Kier alpha value is -2.54. The van der Waals surface area contributed by atoms with Gasteiger partial charge in [0.15, 0.2) is 0 Å². The molecule has 0 bridgehead atoms. The van der Waals surface area contributed by atoms with Crippen molar-refractivity contribution in [1.82, 2.24) is 19.9 Å². The van der Waals surface area contributed by atoms with Crippen LogP contribution in [0.25, 0.3) is 20.8 Å². The van der Waals surface area contributed by atoms with Gasteiger partial charge < -0.3 is 26.0 Å². The highest BCUT2D eigenvalue weighted by atomic mass is 32.1. The lowest BCUT2D eigenvalue weighted by Gasteiger charge is -2.34. The van der Waals surface area contributed by atoms with Gasteiger partial charge in [-0.25, -0.2) is 18.7 Å². The van der Waals surface area contributed by atoms with E-state index in [-0.39, 0.29) is 24.7 Å². The normalized spacial score (nSPS) is 25.5. The number of alkyl halides is 2. The third kappa shape index (κ3) is 5.58. The van der Waals surface area contributed by atoms with Crippen molar-refractivity contribution in [3.63, 3.8) is 0 Å². The molecule has 0 unspecified atom stereocenters. The summed E-state index contributed by atoms with van der Waals surface area (Å²) in [6.07, 6.45) is 0.115. The van der Waals surface area contributed by atoms with Crippen molar-refractivity contribution < 1.29 is 24.1 Å². The first-order valence-electron chi connectivity index (χ1n) is 12.9. The molecule has 5 rings (SSSR count). The van der Waals surface area contributed by atoms with Crippen LogP contribution in [0.1, 0.15) is 50.9 Å². The number of halogens is 2. The van der Waals surface area contributed by atoms with E-state index in [4.69, 9.17) is 4.98 Å². The topological polar surface area (TPSA) is 136 Å². The van der Waals surface area contributed by atoms with Crippen LogP contribution in [0.4, 0.5) is 20.5 Å². The molecule has 0 amide bonds. The number of nitrogens with zero attached hydrogens (tertiary/aromatic N) is 4. The minimum absolute atomic E-state index is 0.154. The molecular weight excluding hydrogens is 514 g/mol. The summed E-state index contributed by atoms with van der Waals surface area (Å²) in [6, 6.07) is 1.37. The van der Waals surface area contributed by atoms with Crippen molar-refractivity contribution in [3.05, 3.63) is 23.7 Å². The first-order valence-corrected chi connectivity index (χ1v) is 13.7. The quantitative estimate of drug-likeness (QED) is 0.284. The number of hydrogen-bond donors (Lipinski definition) is 5. The van der Waals surface area contributed by atoms with Gasteiger partial charge in [-0.15, -0.1) is 11.3 Å². The summed E-state index contributed by atoms with van der Waals surface area (Å²) in [5.74, 6) is -2.33. The molecule has 0 spiro atoms. The van der Waals surface area contributed by atoms with Crippen molar-refractivity contribution in [1.29, 1.82) is 0 Å². The number of thiazole rings is 1. The Morgan fingerprint density at radius 3 is 2.50 bits per heavy atom. The molecule has 12 heteroatoms. The molecule has 3 aromatic rings. The van der Waals surface area contributed by atoms with Crippen LogP contribution in [0.2, 0.25) is 0 Å². The highest BCUT2D eigenvalue weighted by Crippen LogP contribution is 2.43. The van der Waals surface area contributed by atoms with E-state index in [0.29, 0.717) is 47.4 Å². The average molecular weight is 549 g/mol. The molecule has 4 atom stereocenters. The molecule has 38 heavy (non-hydrogen) atoms. The van der Waals surface area contributed by atoms with E-state index in [1.54, 1.807) is 20.0 Å². The molecule has 2 aliphatic rings. The van der Waals surface area contributed by atoms with Gasteiger partial charge in [-0.3, -0.25) is 4.98 Å². The number of fused-ring (bicyclic) bond motifs is 1. The van der Waals surface area contributed by atoms with Gasteiger partial charge in [-0.05, 0) is 58.4 Å². The lowest BCUT2D eigenvalue weighted by atomic mass is 9.81. The Morgan fingerprint density at radius 2 is 1.84 bits per heavy atom. The number of aromatic nitrogens is 4. The van der Waals surface area contributed by atoms with Gasteiger partial charge in [0, 0.05) is 25.6 Å². The zero-order chi connectivity index (χ0) is 27.4. The molecule has 2 saturated carbocycles. The summed E-state index contributed by atoms with van der Waals surface area (Å²) in [5, 5.41) is 38.9. The van der Waals surface area contributed by atoms with Crippen LogP contribution < -0.4 is 10.6 Å². The fraction of sp³-hybridized carbons (Fsp3) is 0.615. The fourth-order valence-corrected chi connectivity index (χ4v) is 6.66. The van der Waals surface area contributed by atoms with Gasteiger partial charge in [-0.2, -0.15) is 4.98 Å². The Balaban J connectivity index is 1.47. The van der Waals surface area contributed by atoms with Crippen molar-refractivity contribution in [2.75, 3.05) is 17.2 Å². The molecular formula is C26H34F2N6O3S. The Kier molecular flexibility index (Phi) is 7.04. The number of rotatable bonds is 8. The molecule has 0 aromatic carbocycles. The zero-order valence-electron chi connectivity index (χ0n) is 21.9.